The summed E-state index contributed by atoms with van der Waals surface area (Å²) >= 11 is 6.33. The Morgan fingerprint density at radius 2 is 1.56 bits per heavy atom. The van der Waals surface area contributed by atoms with E-state index < -0.39 is 28.5 Å². The van der Waals surface area contributed by atoms with E-state index in [1.54, 1.807) is 37.3 Å². The zero-order chi connectivity index (χ0) is 33.1. The molecule has 0 bridgehead atoms. The van der Waals surface area contributed by atoms with Crippen LogP contribution in [0.25, 0.3) is 0 Å². The molecule has 0 unspecified atom stereocenters. The Bertz CT molecular complexity index is 1580. The van der Waals surface area contributed by atoms with E-state index >= 15 is 0 Å². The summed E-state index contributed by atoms with van der Waals surface area (Å²) in [5.74, 6) is 0.287. The molecule has 0 aliphatic carbocycles. The van der Waals surface area contributed by atoms with Gasteiger partial charge in [-0.25, -0.2) is 8.42 Å². The molecule has 0 aliphatic rings. The number of halogens is 1. The van der Waals surface area contributed by atoms with Crippen LogP contribution in [0.3, 0.4) is 0 Å². The van der Waals surface area contributed by atoms with E-state index in [2.05, 4.69) is 5.32 Å². The van der Waals surface area contributed by atoms with Gasteiger partial charge in [-0.05, 0) is 60.9 Å². The molecule has 3 aromatic carbocycles. The SMILES string of the molecule is CCCNC(=O)[C@H](CC)N(Cc1cccc(OC)c1)C(=O)CN(c1cc(Cl)ccc1OC)S(=O)(=O)c1ccc(OC)c(OC)c1. The van der Waals surface area contributed by atoms with Crippen LogP contribution in [0.2, 0.25) is 5.02 Å². The maximum Gasteiger partial charge on any atom is 0.265 e. The summed E-state index contributed by atoms with van der Waals surface area (Å²) in [5, 5.41) is 3.09. The van der Waals surface area contributed by atoms with Crippen molar-refractivity contribution in [3.05, 3.63) is 71.2 Å². The van der Waals surface area contributed by atoms with Crippen LogP contribution in [0.5, 0.6) is 23.0 Å². The number of rotatable bonds is 16. The van der Waals surface area contributed by atoms with Crippen LogP contribution in [0.15, 0.2) is 65.6 Å². The fraction of sp³-hybridized carbons (Fsp3) is 0.375. The molecule has 3 rings (SSSR count). The molecule has 0 aliphatic heterocycles. The lowest BCUT2D eigenvalue weighted by molar-refractivity contribution is -0.140. The maximum absolute atomic E-state index is 14.4. The van der Waals surface area contributed by atoms with Gasteiger partial charge in [0, 0.05) is 24.2 Å². The van der Waals surface area contributed by atoms with Gasteiger partial charge in [0.25, 0.3) is 10.0 Å². The third-order valence-electron chi connectivity index (χ3n) is 7.05. The first kappa shape index (κ1) is 35.3. The summed E-state index contributed by atoms with van der Waals surface area (Å²) in [6, 6.07) is 14.8. The van der Waals surface area contributed by atoms with E-state index in [1.807, 2.05) is 6.92 Å². The van der Waals surface area contributed by atoms with Crippen LogP contribution in [-0.2, 0) is 26.2 Å². The van der Waals surface area contributed by atoms with Gasteiger partial charge in [-0.3, -0.25) is 13.9 Å². The molecule has 0 saturated heterocycles. The summed E-state index contributed by atoms with van der Waals surface area (Å²) in [5.41, 5.74) is 0.733. The third-order valence-corrected chi connectivity index (χ3v) is 9.04. The van der Waals surface area contributed by atoms with Crippen molar-refractivity contribution in [2.24, 2.45) is 0 Å². The predicted octanol–water partition coefficient (Wildman–Crippen LogP) is 4.90. The van der Waals surface area contributed by atoms with E-state index in [9.17, 15) is 18.0 Å². The Morgan fingerprint density at radius 1 is 0.867 bits per heavy atom. The van der Waals surface area contributed by atoms with Crippen molar-refractivity contribution in [3.8, 4) is 23.0 Å². The lowest BCUT2D eigenvalue weighted by Gasteiger charge is -2.33. The minimum absolute atomic E-state index is 0.0189. The molecule has 1 N–H and O–H groups in total. The van der Waals surface area contributed by atoms with Crippen molar-refractivity contribution in [1.29, 1.82) is 0 Å². The molecule has 0 aromatic heterocycles. The molecule has 0 saturated carbocycles. The van der Waals surface area contributed by atoms with Crippen molar-refractivity contribution < 1.29 is 37.0 Å². The number of benzene rings is 3. The highest BCUT2D eigenvalue weighted by Crippen LogP contribution is 2.37. The van der Waals surface area contributed by atoms with E-state index in [0.29, 0.717) is 30.0 Å². The molecule has 0 heterocycles. The molecule has 45 heavy (non-hydrogen) atoms. The molecule has 0 fully saturated rings. The van der Waals surface area contributed by atoms with Gasteiger partial charge in [-0.2, -0.15) is 0 Å². The number of sulfonamides is 1. The Labute approximate surface area is 270 Å². The Hall–Kier alpha value is -4.16. The number of hydrogen-bond acceptors (Lipinski definition) is 8. The van der Waals surface area contributed by atoms with Crippen molar-refractivity contribution in [2.45, 2.75) is 44.2 Å². The number of nitrogens with one attached hydrogen (secondary N) is 1. The second-order valence-electron chi connectivity index (χ2n) is 9.93. The standard InChI is InChI=1S/C32H40ClN3O8S/c1-7-16-34-32(38)26(8-2)35(20-22-10-9-11-24(17-22)41-3)31(37)21-36(27-18-23(33)12-14-28(27)42-4)45(39,40)25-13-15-29(43-5)30(19-25)44-6/h9-15,17-19,26H,7-8,16,20-21H2,1-6H3,(H,34,38)/t26-/m0/s1. The van der Waals surface area contributed by atoms with Crippen LogP contribution < -0.4 is 28.6 Å². The smallest absolute Gasteiger partial charge is 0.265 e. The molecule has 0 radical (unpaired) electrons. The second kappa shape index (κ2) is 16.2. The highest BCUT2D eigenvalue weighted by Gasteiger charge is 2.35. The molecule has 244 valence electrons. The number of methoxy groups -OCH3 is 4. The maximum atomic E-state index is 14.4. The fourth-order valence-corrected chi connectivity index (χ4v) is 6.33. The lowest BCUT2D eigenvalue weighted by Crippen LogP contribution is -2.52. The third kappa shape index (κ3) is 8.52. The highest BCUT2D eigenvalue weighted by atomic mass is 35.5. The number of nitrogens with zero attached hydrogens (tertiary/aromatic N) is 2. The molecule has 2 amide bonds. The first-order valence-electron chi connectivity index (χ1n) is 14.3. The lowest BCUT2D eigenvalue weighted by atomic mass is 10.1. The Morgan fingerprint density at radius 3 is 2.18 bits per heavy atom. The molecule has 11 nitrogen and oxygen atoms in total. The summed E-state index contributed by atoms with van der Waals surface area (Å²) in [7, 11) is 1.29. The number of amides is 2. The van der Waals surface area contributed by atoms with Gasteiger partial charge in [0.1, 0.15) is 24.1 Å². The molecule has 0 spiro atoms. The van der Waals surface area contributed by atoms with Crippen LogP contribution in [-0.4, -0.2) is 72.7 Å². The second-order valence-corrected chi connectivity index (χ2v) is 12.2. The number of hydrogen-bond donors (Lipinski definition) is 1. The zero-order valence-corrected chi connectivity index (χ0v) is 27.9. The first-order chi connectivity index (χ1) is 21.5. The number of anilines is 1. The molecule has 13 heteroatoms. The van der Waals surface area contributed by atoms with Crippen molar-refractivity contribution >= 4 is 39.1 Å². The average Bonchev–Trinajstić information content (AvgIpc) is 3.05. The zero-order valence-electron chi connectivity index (χ0n) is 26.3. The topological polar surface area (TPSA) is 124 Å². The van der Waals surface area contributed by atoms with E-state index in [0.717, 1.165) is 4.31 Å². The average molecular weight is 662 g/mol. The number of carbonyl (C=O) groups is 2. The minimum Gasteiger partial charge on any atom is -0.497 e. The fourth-order valence-electron chi connectivity index (χ4n) is 4.73. The van der Waals surface area contributed by atoms with E-state index in [-0.39, 0.29) is 46.0 Å². The van der Waals surface area contributed by atoms with Gasteiger partial charge < -0.3 is 29.2 Å². The molecular formula is C32H40ClN3O8S. The van der Waals surface area contributed by atoms with Gasteiger partial charge in [0.2, 0.25) is 11.8 Å². The van der Waals surface area contributed by atoms with Crippen LogP contribution >= 0.6 is 11.6 Å². The van der Waals surface area contributed by atoms with Crippen LogP contribution in [0, 0.1) is 0 Å². The summed E-state index contributed by atoms with van der Waals surface area (Å²) < 4.78 is 51.1. The minimum atomic E-state index is -4.45. The van der Waals surface area contributed by atoms with Gasteiger partial charge in [0.05, 0.1) is 39.0 Å². The normalized spacial score (nSPS) is 11.7. The van der Waals surface area contributed by atoms with E-state index in [1.165, 1.54) is 63.7 Å². The Balaban J connectivity index is 2.17. The molecular weight excluding hydrogens is 622 g/mol. The van der Waals surface area contributed by atoms with Crippen molar-refractivity contribution in [1.82, 2.24) is 10.2 Å². The van der Waals surface area contributed by atoms with Gasteiger partial charge in [0.15, 0.2) is 11.5 Å². The van der Waals surface area contributed by atoms with Crippen LogP contribution in [0.1, 0.15) is 32.3 Å². The summed E-state index contributed by atoms with van der Waals surface area (Å²) in [6.07, 6.45) is 0.992. The first-order valence-corrected chi connectivity index (χ1v) is 16.1. The largest absolute Gasteiger partial charge is 0.497 e. The molecule has 1 atom stereocenters. The van der Waals surface area contributed by atoms with Gasteiger partial charge in [-0.1, -0.05) is 37.6 Å². The summed E-state index contributed by atoms with van der Waals surface area (Å²) in [6.45, 7) is 3.49. The number of ether oxygens (including phenoxy) is 4. The Kier molecular flexibility index (Phi) is 12.7. The highest BCUT2D eigenvalue weighted by molar-refractivity contribution is 7.92. The number of carbonyl (C=O) groups excluding carboxylic acids is 2. The summed E-state index contributed by atoms with van der Waals surface area (Å²) in [4.78, 5) is 28.9. The van der Waals surface area contributed by atoms with Crippen molar-refractivity contribution in [3.63, 3.8) is 0 Å². The van der Waals surface area contributed by atoms with E-state index in [4.69, 9.17) is 30.5 Å². The quantitative estimate of drug-likeness (QED) is 0.230. The van der Waals surface area contributed by atoms with Gasteiger partial charge >= 0.3 is 0 Å². The monoisotopic (exact) mass is 661 g/mol. The molecule has 3 aromatic rings. The van der Waals surface area contributed by atoms with Gasteiger partial charge in [-0.15, -0.1) is 0 Å². The van der Waals surface area contributed by atoms with Crippen LogP contribution in [0.4, 0.5) is 5.69 Å². The predicted molar refractivity (Wildman–Crippen MR) is 173 cm³/mol. The van der Waals surface area contributed by atoms with Crippen molar-refractivity contribution in [2.75, 3.05) is 45.8 Å².